The number of benzene rings is 1. The molecule has 10 nitrogen and oxygen atoms in total. The maximum atomic E-state index is 4.59. The van der Waals surface area contributed by atoms with Crippen LogP contribution in [0.5, 0.6) is 0 Å². The lowest BCUT2D eigenvalue weighted by Crippen LogP contribution is -2.06. The predicted molar refractivity (Wildman–Crippen MR) is 116 cm³/mol. The number of fused-ring (bicyclic) bond motifs is 2. The van der Waals surface area contributed by atoms with Gasteiger partial charge in [-0.25, -0.2) is 19.9 Å². The maximum Gasteiger partial charge on any atom is 0.272 e. The molecule has 0 spiro atoms. The largest absolute Gasteiger partial charge is 0.293 e. The molecule has 0 unspecified atom stereocenters. The van der Waals surface area contributed by atoms with Crippen LogP contribution < -0.4 is 5.32 Å². The van der Waals surface area contributed by atoms with E-state index in [2.05, 4.69) is 58.5 Å². The predicted octanol–water partition coefficient (Wildman–Crippen LogP) is 3.15. The molecule has 5 rings (SSSR count). The van der Waals surface area contributed by atoms with Crippen LogP contribution in [0.15, 0.2) is 30.5 Å². The van der Waals surface area contributed by atoms with Crippen LogP contribution in [0.3, 0.4) is 0 Å². The van der Waals surface area contributed by atoms with Crippen LogP contribution in [0.4, 0.5) is 11.9 Å². The van der Waals surface area contributed by atoms with E-state index in [4.69, 9.17) is 0 Å². The van der Waals surface area contributed by atoms with Gasteiger partial charge in [0.05, 0.1) is 22.6 Å². The average molecular weight is 412 g/mol. The second-order valence-electron chi connectivity index (χ2n) is 7.27. The van der Waals surface area contributed by atoms with Crippen LogP contribution in [0.2, 0.25) is 0 Å². The van der Waals surface area contributed by atoms with Crippen LogP contribution >= 0.6 is 0 Å². The van der Waals surface area contributed by atoms with Crippen molar-refractivity contribution in [1.82, 2.24) is 44.7 Å². The summed E-state index contributed by atoms with van der Waals surface area (Å²) in [6, 6.07) is 7.87. The zero-order chi connectivity index (χ0) is 21.5. The number of rotatable bonds is 4. The number of anilines is 2. The van der Waals surface area contributed by atoms with Crippen molar-refractivity contribution >= 4 is 28.6 Å². The fourth-order valence-electron chi connectivity index (χ4n) is 3.39. The summed E-state index contributed by atoms with van der Waals surface area (Å²) >= 11 is 0. The molecule has 0 saturated carbocycles. The van der Waals surface area contributed by atoms with Gasteiger partial charge in [0, 0.05) is 18.0 Å². The Hall–Kier alpha value is -4.08. The third kappa shape index (κ3) is 3.41. The standard InChI is InChI=1S/C21H20N10/c1-5-17-26-21-29-28-18(13(4)31(21)30-17)16-8-9-22-19(25-16)27-20-23-12(3)14-10-11(2)6-7-15(14)24-20/h6-10H,5H2,1-4H3,(H,22,23,24,25,27). The van der Waals surface area contributed by atoms with Crippen molar-refractivity contribution in [3.8, 4) is 11.4 Å². The van der Waals surface area contributed by atoms with E-state index in [1.54, 1.807) is 16.8 Å². The van der Waals surface area contributed by atoms with Gasteiger partial charge < -0.3 is 0 Å². The first-order valence-electron chi connectivity index (χ1n) is 9.96. The Morgan fingerprint density at radius 2 is 1.81 bits per heavy atom. The summed E-state index contributed by atoms with van der Waals surface area (Å²) in [7, 11) is 0. The fraction of sp³-hybridized carbons (Fsp3) is 0.238. The average Bonchev–Trinajstić information content (AvgIpc) is 3.19. The molecular formula is C21H20N10. The molecule has 0 saturated heterocycles. The van der Waals surface area contributed by atoms with Crippen molar-refractivity contribution in [3.63, 3.8) is 0 Å². The van der Waals surface area contributed by atoms with Crippen molar-refractivity contribution in [1.29, 1.82) is 0 Å². The summed E-state index contributed by atoms with van der Waals surface area (Å²) in [4.78, 5) is 22.4. The highest BCUT2D eigenvalue weighted by atomic mass is 15.4. The molecule has 0 aliphatic rings. The molecule has 0 bridgehead atoms. The van der Waals surface area contributed by atoms with Crippen molar-refractivity contribution < 1.29 is 0 Å². The van der Waals surface area contributed by atoms with Gasteiger partial charge in [-0.05, 0) is 39.0 Å². The molecular weight excluding hydrogens is 392 g/mol. The second kappa shape index (κ2) is 7.31. The lowest BCUT2D eigenvalue weighted by molar-refractivity contribution is 0.827. The van der Waals surface area contributed by atoms with E-state index in [-0.39, 0.29) is 0 Å². The molecule has 0 aliphatic carbocycles. The summed E-state index contributed by atoms with van der Waals surface area (Å²) in [5.41, 5.74) is 4.94. The summed E-state index contributed by atoms with van der Waals surface area (Å²) < 4.78 is 1.69. The first-order chi connectivity index (χ1) is 15.0. The minimum Gasteiger partial charge on any atom is -0.293 e. The molecule has 154 valence electrons. The Balaban J connectivity index is 1.51. The molecule has 0 radical (unpaired) electrons. The number of aromatic nitrogens is 9. The highest BCUT2D eigenvalue weighted by molar-refractivity contribution is 5.82. The minimum atomic E-state index is 0.373. The molecule has 0 atom stereocenters. The van der Waals surface area contributed by atoms with E-state index in [9.17, 15) is 0 Å². The van der Waals surface area contributed by atoms with Gasteiger partial charge >= 0.3 is 0 Å². The van der Waals surface area contributed by atoms with E-state index < -0.39 is 0 Å². The first-order valence-corrected chi connectivity index (χ1v) is 9.96. The summed E-state index contributed by atoms with van der Waals surface area (Å²) in [6.45, 7) is 7.93. The number of nitrogens with one attached hydrogen (secondary N) is 1. The smallest absolute Gasteiger partial charge is 0.272 e. The van der Waals surface area contributed by atoms with E-state index in [1.807, 2.05) is 32.9 Å². The number of hydrogen-bond acceptors (Lipinski definition) is 9. The van der Waals surface area contributed by atoms with Gasteiger partial charge in [0.1, 0.15) is 5.69 Å². The van der Waals surface area contributed by atoms with Gasteiger partial charge in [-0.1, -0.05) is 18.6 Å². The molecule has 0 amide bonds. The summed E-state index contributed by atoms with van der Waals surface area (Å²) in [6.07, 6.45) is 2.39. The third-order valence-corrected chi connectivity index (χ3v) is 5.01. The molecule has 1 aromatic carbocycles. The number of nitrogens with zero attached hydrogens (tertiary/aromatic N) is 9. The van der Waals surface area contributed by atoms with Crippen LogP contribution in [-0.4, -0.2) is 44.7 Å². The van der Waals surface area contributed by atoms with Crippen molar-refractivity contribution in [2.45, 2.75) is 34.1 Å². The molecule has 0 fully saturated rings. The van der Waals surface area contributed by atoms with Crippen molar-refractivity contribution in [3.05, 3.63) is 53.2 Å². The van der Waals surface area contributed by atoms with Crippen LogP contribution in [-0.2, 0) is 6.42 Å². The Kier molecular flexibility index (Phi) is 4.46. The van der Waals surface area contributed by atoms with Gasteiger partial charge in [-0.2, -0.15) is 9.50 Å². The summed E-state index contributed by atoms with van der Waals surface area (Å²) in [5.74, 6) is 2.00. The molecule has 0 aliphatic heterocycles. The van der Waals surface area contributed by atoms with Gasteiger partial charge in [-0.3, -0.25) is 5.32 Å². The van der Waals surface area contributed by atoms with Crippen molar-refractivity contribution in [2.24, 2.45) is 0 Å². The molecule has 5 aromatic rings. The topological polar surface area (TPSA) is 120 Å². The molecule has 10 heteroatoms. The Bertz CT molecular complexity index is 1440. The quantitative estimate of drug-likeness (QED) is 0.474. The van der Waals surface area contributed by atoms with Crippen molar-refractivity contribution in [2.75, 3.05) is 5.32 Å². The zero-order valence-electron chi connectivity index (χ0n) is 17.6. The highest BCUT2D eigenvalue weighted by Gasteiger charge is 2.15. The Morgan fingerprint density at radius 3 is 2.65 bits per heavy atom. The SMILES string of the molecule is CCc1nc2nnc(-c3ccnc(Nc4nc(C)c5cc(C)ccc5n4)n3)c(C)n2n1. The lowest BCUT2D eigenvalue weighted by Gasteiger charge is -2.09. The van der Waals surface area contributed by atoms with Crippen LogP contribution in [0.1, 0.15) is 29.7 Å². The maximum absolute atomic E-state index is 4.59. The molecule has 31 heavy (non-hydrogen) atoms. The van der Waals surface area contributed by atoms with E-state index in [0.717, 1.165) is 34.5 Å². The lowest BCUT2D eigenvalue weighted by atomic mass is 10.1. The van der Waals surface area contributed by atoms with E-state index in [0.29, 0.717) is 29.1 Å². The van der Waals surface area contributed by atoms with E-state index in [1.165, 1.54) is 5.56 Å². The monoisotopic (exact) mass is 412 g/mol. The Morgan fingerprint density at radius 1 is 0.935 bits per heavy atom. The van der Waals surface area contributed by atoms with Gasteiger partial charge in [0.25, 0.3) is 5.78 Å². The summed E-state index contributed by atoms with van der Waals surface area (Å²) in [5, 5.41) is 17.1. The highest BCUT2D eigenvalue weighted by Crippen LogP contribution is 2.22. The van der Waals surface area contributed by atoms with E-state index >= 15 is 0 Å². The van der Waals surface area contributed by atoms with Crippen LogP contribution in [0.25, 0.3) is 28.1 Å². The first kappa shape index (κ1) is 18.9. The fourth-order valence-corrected chi connectivity index (χ4v) is 3.39. The normalized spacial score (nSPS) is 11.4. The molecule has 1 N–H and O–H groups in total. The minimum absolute atomic E-state index is 0.373. The molecule has 4 heterocycles. The zero-order valence-corrected chi connectivity index (χ0v) is 17.6. The Labute approximate surface area is 177 Å². The van der Waals surface area contributed by atoms with Gasteiger partial charge in [-0.15, -0.1) is 15.3 Å². The van der Waals surface area contributed by atoms with Gasteiger partial charge in [0.2, 0.25) is 11.9 Å². The second-order valence-corrected chi connectivity index (χ2v) is 7.27. The third-order valence-electron chi connectivity index (χ3n) is 5.01. The number of hydrogen-bond donors (Lipinski definition) is 1. The molecule has 4 aromatic heterocycles. The van der Waals surface area contributed by atoms with Crippen LogP contribution in [0, 0.1) is 20.8 Å². The van der Waals surface area contributed by atoms with Gasteiger partial charge in [0.15, 0.2) is 5.82 Å². The number of aryl methyl sites for hydroxylation is 4.